The van der Waals surface area contributed by atoms with Crippen LogP contribution in [-0.4, -0.2) is 90.2 Å². The van der Waals surface area contributed by atoms with Crippen molar-refractivity contribution >= 4 is 45.6 Å². The number of carboxylic acid groups (broad SMARTS) is 1. The fourth-order valence-electron chi connectivity index (χ4n) is 7.01. The highest BCUT2D eigenvalue weighted by Gasteiger charge is 2.53. The van der Waals surface area contributed by atoms with Crippen molar-refractivity contribution in [3.05, 3.63) is 76.0 Å². The first-order valence-electron chi connectivity index (χ1n) is 15.9. The fraction of sp³-hybridized carbons (Fsp3) is 0.400. The molecule has 4 bridgehead atoms. The summed E-state index contributed by atoms with van der Waals surface area (Å²) in [5.74, 6) is 1.68. The third-order valence-corrected chi connectivity index (χ3v) is 10.4. The van der Waals surface area contributed by atoms with E-state index in [0.717, 1.165) is 32.7 Å². The van der Waals surface area contributed by atoms with Gasteiger partial charge in [0.25, 0.3) is 12.4 Å². The van der Waals surface area contributed by atoms with E-state index in [1.165, 1.54) is 11.3 Å². The van der Waals surface area contributed by atoms with Crippen LogP contribution in [0.2, 0.25) is 0 Å². The number of carbonyl (C=O) groups is 4. The van der Waals surface area contributed by atoms with Crippen LogP contribution in [0.4, 0.5) is 0 Å². The highest BCUT2D eigenvalue weighted by atomic mass is 32.1. The topological polar surface area (TPSA) is 152 Å². The summed E-state index contributed by atoms with van der Waals surface area (Å²) < 4.78 is 18.9. The molecule has 13 heteroatoms. The number of para-hydroxylation sites is 1. The van der Waals surface area contributed by atoms with E-state index in [4.69, 9.17) is 23.9 Å². The summed E-state index contributed by atoms with van der Waals surface area (Å²) in [6, 6.07) is 13.7. The van der Waals surface area contributed by atoms with Crippen LogP contribution in [0.5, 0.6) is 11.5 Å². The van der Waals surface area contributed by atoms with Crippen molar-refractivity contribution in [1.82, 2.24) is 20.3 Å². The molecule has 0 unspecified atom stereocenters. The van der Waals surface area contributed by atoms with Crippen LogP contribution in [0.1, 0.15) is 51.7 Å². The number of ether oxygens (including phenoxy) is 2. The highest BCUT2D eigenvalue weighted by molar-refractivity contribution is 7.17. The minimum atomic E-state index is -0.525. The number of nitrogens with zero attached hydrogens (tertiary/aromatic N) is 3. The first kappa shape index (κ1) is 33.0. The third-order valence-electron chi connectivity index (χ3n) is 9.46. The number of aromatic nitrogens is 1. The van der Waals surface area contributed by atoms with Crippen LogP contribution in [-0.2, 0) is 20.8 Å². The number of amides is 3. The molecule has 8 rings (SSSR count). The van der Waals surface area contributed by atoms with Gasteiger partial charge in [-0.05, 0) is 38.8 Å². The second-order valence-electron chi connectivity index (χ2n) is 12.4. The molecule has 12 nitrogen and oxygen atoms in total. The molecule has 48 heavy (non-hydrogen) atoms. The maximum absolute atomic E-state index is 13.8. The second kappa shape index (κ2) is 14.1. The molecular formula is C35H38N4O8S. The highest BCUT2D eigenvalue weighted by Crippen LogP contribution is 2.52. The quantitative estimate of drug-likeness (QED) is 0.304. The van der Waals surface area contributed by atoms with Crippen molar-refractivity contribution in [2.45, 2.75) is 39.0 Å². The number of hydrogen-bond donors (Lipinski definition) is 2. The Labute approximate surface area is 281 Å². The van der Waals surface area contributed by atoms with Crippen LogP contribution < -0.4 is 14.8 Å². The molecule has 0 aliphatic carbocycles. The smallest absolute Gasteiger partial charge is 0.290 e. The predicted molar refractivity (Wildman–Crippen MR) is 178 cm³/mol. The zero-order valence-electron chi connectivity index (χ0n) is 26.9. The first-order chi connectivity index (χ1) is 23.2. The fourth-order valence-corrected chi connectivity index (χ4v) is 7.95. The Morgan fingerprint density at radius 1 is 1.15 bits per heavy atom. The van der Waals surface area contributed by atoms with Crippen LogP contribution in [0.15, 0.2) is 52.4 Å². The maximum atomic E-state index is 13.8. The average molecular weight is 675 g/mol. The molecule has 2 N–H and O–H groups in total. The number of fused-ring (bicyclic) bond motifs is 10. The molecular weight excluding hydrogens is 636 g/mol. The van der Waals surface area contributed by atoms with E-state index >= 15 is 0 Å². The average Bonchev–Trinajstić information content (AvgIpc) is 3.79. The van der Waals surface area contributed by atoms with Gasteiger partial charge in [0.1, 0.15) is 5.76 Å². The van der Waals surface area contributed by atoms with Gasteiger partial charge < -0.3 is 34.2 Å². The first-order valence-corrected chi connectivity index (χ1v) is 16.8. The Morgan fingerprint density at radius 3 is 2.75 bits per heavy atom. The van der Waals surface area contributed by atoms with E-state index in [1.54, 1.807) is 4.90 Å². The Balaban J connectivity index is 0.00000129. The number of nitrogens with one attached hydrogen (secondary N) is 1. The molecule has 252 valence electrons. The zero-order chi connectivity index (χ0) is 33.8. The van der Waals surface area contributed by atoms with Crippen molar-refractivity contribution in [3.8, 4) is 11.5 Å². The molecule has 1 saturated heterocycles. The van der Waals surface area contributed by atoms with Crippen molar-refractivity contribution < 1.29 is 38.3 Å². The number of thiophene rings is 1. The summed E-state index contributed by atoms with van der Waals surface area (Å²) in [4.78, 5) is 52.7. The minimum Gasteiger partial charge on any atom is -0.490 e. The normalized spacial score (nSPS) is 20.5. The molecule has 1 spiro atoms. The predicted octanol–water partition coefficient (Wildman–Crippen LogP) is 4.19. The minimum absolute atomic E-state index is 0.0433. The number of aryl methyl sites for hydroxylation is 2. The van der Waals surface area contributed by atoms with Crippen LogP contribution in [0.25, 0.3) is 10.1 Å². The van der Waals surface area contributed by atoms with E-state index in [1.807, 2.05) is 66.6 Å². The summed E-state index contributed by atoms with van der Waals surface area (Å²) in [6.45, 7) is 5.79. The Bertz CT molecular complexity index is 1820. The van der Waals surface area contributed by atoms with Crippen molar-refractivity contribution in [1.29, 1.82) is 0 Å². The van der Waals surface area contributed by atoms with Crippen molar-refractivity contribution in [2.24, 2.45) is 5.41 Å². The number of likely N-dealkylation sites (tertiary alicyclic amines) is 1. The van der Waals surface area contributed by atoms with Gasteiger partial charge in [0, 0.05) is 70.5 Å². The van der Waals surface area contributed by atoms with Gasteiger partial charge in [0.2, 0.25) is 11.8 Å². The molecule has 3 amide bonds. The van der Waals surface area contributed by atoms with Gasteiger partial charge in [-0.1, -0.05) is 35.5 Å². The van der Waals surface area contributed by atoms with E-state index in [9.17, 15) is 14.4 Å². The third kappa shape index (κ3) is 6.46. The lowest BCUT2D eigenvalue weighted by molar-refractivity contribution is -0.130. The lowest BCUT2D eigenvalue weighted by Crippen LogP contribution is -2.50. The molecule has 2 aromatic carbocycles. The Kier molecular flexibility index (Phi) is 9.67. The van der Waals surface area contributed by atoms with Gasteiger partial charge in [-0.25, -0.2) is 0 Å². The molecule has 0 saturated carbocycles. The SMILES string of the molecule is Cc1noc(C)c1CCC(=O)N1C[C@H]2c3cccc4c3OC[C@@]2(CNC(=O)CN(C(=O)c2csc3ccccc23)CCCO4)C1.O=CO. The largest absolute Gasteiger partial charge is 0.490 e. The summed E-state index contributed by atoms with van der Waals surface area (Å²) in [6.07, 6.45) is 1.44. The number of benzene rings is 2. The molecule has 1 fully saturated rings. The number of carbonyl (C=O) groups excluding carboxylic acids is 3. The summed E-state index contributed by atoms with van der Waals surface area (Å²) in [5, 5.41) is 16.8. The molecule has 6 heterocycles. The monoisotopic (exact) mass is 674 g/mol. The molecule has 4 aliphatic rings. The lowest BCUT2D eigenvalue weighted by atomic mass is 9.73. The summed E-state index contributed by atoms with van der Waals surface area (Å²) in [7, 11) is 0. The summed E-state index contributed by atoms with van der Waals surface area (Å²) in [5.41, 5.74) is 2.85. The number of hydrogen-bond acceptors (Lipinski definition) is 9. The Morgan fingerprint density at radius 2 is 1.96 bits per heavy atom. The van der Waals surface area contributed by atoms with Crippen LogP contribution >= 0.6 is 11.3 Å². The molecule has 2 aromatic heterocycles. The van der Waals surface area contributed by atoms with Gasteiger partial charge in [-0.15, -0.1) is 11.3 Å². The van der Waals surface area contributed by atoms with Gasteiger partial charge in [0.15, 0.2) is 11.5 Å². The van der Waals surface area contributed by atoms with E-state index < -0.39 is 5.41 Å². The van der Waals surface area contributed by atoms with Gasteiger partial charge in [-0.3, -0.25) is 19.2 Å². The standard InChI is InChI=1S/C34H36N4O6S.CH2O2/c1-21-23(22(2)44-36-21)11-12-31(40)38-15-27-25-8-5-9-28-32(25)43-20-34(27,19-38)18-35-30(39)16-37(13-6-14-42-28)33(41)26-17-45-29-10-4-3-7-24(26)29;2-1-3/h3-5,7-10,17,27H,6,11-16,18-20H2,1-2H3,(H,35,39);1H,(H,2,3)/t27-,34+;/m0./s1. The molecule has 0 radical (unpaired) electrons. The van der Waals surface area contributed by atoms with Crippen molar-refractivity contribution in [3.63, 3.8) is 0 Å². The molecule has 4 aliphatic heterocycles. The molecule has 4 aromatic rings. The second-order valence-corrected chi connectivity index (χ2v) is 13.3. The van der Waals surface area contributed by atoms with Gasteiger partial charge in [-0.2, -0.15) is 0 Å². The summed E-state index contributed by atoms with van der Waals surface area (Å²) >= 11 is 1.52. The number of rotatable bonds is 4. The van der Waals surface area contributed by atoms with E-state index in [2.05, 4.69) is 10.5 Å². The molecule has 2 atom stereocenters. The Hall–Kier alpha value is -4.91. The van der Waals surface area contributed by atoms with Crippen molar-refractivity contribution in [2.75, 3.05) is 45.9 Å². The zero-order valence-corrected chi connectivity index (χ0v) is 27.7. The van der Waals surface area contributed by atoms with Crippen LogP contribution in [0.3, 0.4) is 0 Å². The van der Waals surface area contributed by atoms with Gasteiger partial charge >= 0.3 is 0 Å². The van der Waals surface area contributed by atoms with E-state index in [-0.39, 0.29) is 36.7 Å². The lowest BCUT2D eigenvalue weighted by Gasteiger charge is -2.40. The van der Waals surface area contributed by atoms with Gasteiger partial charge in [0.05, 0.1) is 31.0 Å². The maximum Gasteiger partial charge on any atom is 0.290 e. The van der Waals surface area contributed by atoms with Crippen LogP contribution in [0, 0.1) is 19.3 Å². The van der Waals surface area contributed by atoms with E-state index in [0.29, 0.717) is 75.7 Å².